The van der Waals surface area contributed by atoms with Crippen molar-refractivity contribution in [1.82, 2.24) is 10.3 Å². The Morgan fingerprint density at radius 2 is 2.10 bits per heavy atom. The largest absolute Gasteiger partial charge is 0.347 e. The molecular formula is C14H17N3O3. The zero-order valence-corrected chi connectivity index (χ0v) is 11.8. The zero-order chi connectivity index (χ0) is 14.9. The Balaban J connectivity index is 2.32. The van der Waals surface area contributed by atoms with E-state index in [9.17, 15) is 14.4 Å². The highest BCUT2D eigenvalue weighted by molar-refractivity contribution is 6.06. The van der Waals surface area contributed by atoms with Gasteiger partial charge in [0.15, 0.2) is 5.78 Å². The van der Waals surface area contributed by atoms with Crippen LogP contribution in [-0.2, 0) is 9.59 Å². The Bertz CT molecular complexity index is 564. The van der Waals surface area contributed by atoms with Gasteiger partial charge in [-0.05, 0) is 26.0 Å². The highest BCUT2D eigenvalue weighted by Crippen LogP contribution is 2.25. The number of nitrogens with one attached hydrogen (secondary N) is 1. The third-order valence-electron chi connectivity index (χ3n) is 3.45. The van der Waals surface area contributed by atoms with Gasteiger partial charge < -0.3 is 4.90 Å². The number of carbonyl (C=O) groups is 3. The Hall–Kier alpha value is -2.24. The lowest BCUT2D eigenvalue weighted by molar-refractivity contribution is -0.135. The maximum atomic E-state index is 11.9. The van der Waals surface area contributed by atoms with Gasteiger partial charge in [-0.25, -0.2) is 0 Å². The molecule has 106 valence electrons. The maximum Gasteiger partial charge on any atom is 0.251 e. The van der Waals surface area contributed by atoms with Gasteiger partial charge in [0.25, 0.3) is 5.91 Å². The average molecular weight is 275 g/mol. The van der Waals surface area contributed by atoms with Crippen molar-refractivity contribution in [2.75, 3.05) is 11.4 Å². The fraction of sp³-hybridized carbons (Fsp3) is 0.429. The topological polar surface area (TPSA) is 79.4 Å². The molecule has 1 fully saturated rings. The van der Waals surface area contributed by atoms with E-state index in [0.29, 0.717) is 17.8 Å². The minimum absolute atomic E-state index is 0.0386. The van der Waals surface area contributed by atoms with Crippen molar-refractivity contribution in [3.63, 3.8) is 0 Å². The average Bonchev–Trinajstić information content (AvgIpc) is 2.42. The number of pyridine rings is 1. The number of piperazine rings is 1. The second-order valence-corrected chi connectivity index (χ2v) is 5.20. The number of rotatable bonds is 3. The summed E-state index contributed by atoms with van der Waals surface area (Å²) in [6, 6.07) is 3.33. The van der Waals surface area contributed by atoms with E-state index in [1.54, 1.807) is 37.8 Å². The molecule has 2 heterocycles. The predicted molar refractivity (Wildman–Crippen MR) is 73.4 cm³/mol. The van der Waals surface area contributed by atoms with Crippen molar-refractivity contribution in [3.05, 3.63) is 24.0 Å². The minimum Gasteiger partial charge on any atom is -0.347 e. The molecule has 2 rings (SSSR count). The van der Waals surface area contributed by atoms with Gasteiger partial charge in [-0.2, -0.15) is 0 Å². The number of aromatic nitrogens is 1. The molecular weight excluding hydrogens is 258 g/mol. The number of hydrogen-bond donors (Lipinski definition) is 1. The van der Waals surface area contributed by atoms with Gasteiger partial charge in [-0.3, -0.25) is 24.7 Å². The zero-order valence-electron chi connectivity index (χ0n) is 11.8. The Labute approximate surface area is 117 Å². The van der Waals surface area contributed by atoms with Crippen LogP contribution in [0.3, 0.4) is 0 Å². The lowest BCUT2D eigenvalue weighted by atomic mass is 9.98. The molecule has 0 radical (unpaired) electrons. The van der Waals surface area contributed by atoms with Crippen molar-refractivity contribution >= 4 is 23.3 Å². The summed E-state index contributed by atoms with van der Waals surface area (Å²) in [5.74, 6) is -0.728. The quantitative estimate of drug-likeness (QED) is 0.655. The number of amides is 2. The fourth-order valence-corrected chi connectivity index (χ4v) is 2.09. The molecule has 6 nitrogen and oxygen atoms in total. The van der Waals surface area contributed by atoms with E-state index in [1.165, 1.54) is 6.20 Å². The SMILES string of the molecule is CCC(=O)c1ccc(N2CC(=O)NC(=O)C2(C)C)cn1. The Kier molecular flexibility index (Phi) is 3.57. The van der Waals surface area contributed by atoms with Gasteiger partial charge in [0.1, 0.15) is 11.2 Å². The molecule has 1 N–H and O–H groups in total. The van der Waals surface area contributed by atoms with Crippen molar-refractivity contribution < 1.29 is 14.4 Å². The summed E-state index contributed by atoms with van der Waals surface area (Å²) in [5.41, 5.74) is 0.194. The molecule has 0 aliphatic carbocycles. The van der Waals surface area contributed by atoms with E-state index in [2.05, 4.69) is 10.3 Å². The van der Waals surface area contributed by atoms with Gasteiger partial charge in [0.05, 0.1) is 18.4 Å². The van der Waals surface area contributed by atoms with E-state index in [-0.39, 0.29) is 24.1 Å². The number of ketones is 1. The summed E-state index contributed by atoms with van der Waals surface area (Å²) >= 11 is 0. The Morgan fingerprint density at radius 1 is 1.40 bits per heavy atom. The van der Waals surface area contributed by atoms with E-state index in [1.807, 2.05) is 0 Å². The van der Waals surface area contributed by atoms with Crippen molar-refractivity contribution in [2.24, 2.45) is 0 Å². The van der Waals surface area contributed by atoms with E-state index in [0.717, 1.165) is 0 Å². The monoisotopic (exact) mass is 275 g/mol. The molecule has 20 heavy (non-hydrogen) atoms. The molecule has 1 aromatic heterocycles. The summed E-state index contributed by atoms with van der Waals surface area (Å²) in [5, 5.41) is 2.31. The molecule has 0 atom stereocenters. The molecule has 0 spiro atoms. The second-order valence-electron chi connectivity index (χ2n) is 5.20. The van der Waals surface area contributed by atoms with Crippen molar-refractivity contribution in [1.29, 1.82) is 0 Å². The first-order valence-electron chi connectivity index (χ1n) is 6.47. The normalized spacial score (nSPS) is 17.9. The third-order valence-corrected chi connectivity index (χ3v) is 3.45. The number of nitrogens with zero attached hydrogens (tertiary/aromatic N) is 2. The maximum absolute atomic E-state index is 11.9. The molecule has 0 aromatic carbocycles. The van der Waals surface area contributed by atoms with Crippen LogP contribution in [0.15, 0.2) is 18.3 Å². The molecule has 1 aromatic rings. The molecule has 6 heteroatoms. The van der Waals surface area contributed by atoms with Crippen molar-refractivity contribution in [3.8, 4) is 0 Å². The summed E-state index contributed by atoms with van der Waals surface area (Å²) in [4.78, 5) is 40.7. The second kappa shape index (κ2) is 5.03. The minimum atomic E-state index is -0.841. The molecule has 1 saturated heterocycles. The van der Waals surface area contributed by atoms with Crippen LogP contribution in [0, 0.1) is 0 Å². The first kappa shape index (κ1) is 14.2. The van der Waals surface area contributed by atoms with Crippen LogP contribution in [0.1, 0.15) is 37.7 Å². The number of imide groups is 1. The van der Waals surface area contributed by atoms with Crippen LogP contribution in [-0.4, -0.2) is 34.7 Å². The van der Waals surface area contributed by atoms with Gasteiger partial charge in [0.2, 0.25) is 5.91 Å². The van der Waals surface area contributed by atoms with E-state index < -0.39 is 5.54 Å². The smallest absolute Gasteiger partial charge is 0.251 e. The van der Waals surface area contributed by atoms with Crippen LogP contribution in [0.25, 0.3) is 0 Å². The summed E-state index contributed by atoms with van der Waals surface area (Å²) in [7, 11) is 0. The standard InChI is InChI=1S/C14H17N3O3/c1-4-11(18)10-6-5-9(7-15-10)17-8-12(19)16-13(20)14(17,2)3/h5-7H,4,8H2,1-3H3,(H,16,19,20). The van der Waals surface area contributed by atoms with Crippen LogP contribution in [0.4, 0.5) is 5.69 Å². The highest BCUT2D eigenvalue weighted by atomic mass is 16.2. The summed E-state index contributed by atoms with van der Waals surface area (Å²) in [6.45, 7) is 5.33. The summed E-state index contributed by atoms with van der Waals surface area (Å²) < 4.78 is 0. The fourth-order valence-electron chi connectivity index (χ4n) is 2.09. The first-order valence-corrected chi connectivity index (χ1v) is 6.47. The van der Waals surface area contributed by atoms with E-state index >= 15 is 0 Å². The first-order chi connectivity index (χ1) is 9.36. The molecule has 0 bridgehead atoms. The number of carbonyl (C=O) groups excluding carboxylic acids is 3. The lowest BCUT2D eigenvalue weighted by Crippen LogP contribution is -2.64. The van der Waals surface area contributed by atoms with Crippen molar-refractivity contribution in [2.45, 2.75) is 32.7 Å². The molecule has 1 aliphatic rings. The van der Waals surface area contributed by atoms with Crippen LogP contribution < -0.4 is 10.2 Å². The number of hydrogen-bond acceptors (Lipinski definition) is 5. The molecule has 1 aliphatic heterocycles. The number of Topliss-reactive ketones (excluding diaryl/α,β-unsaturated/α-hetero) is 1. The molecule has 2 amide bonds. The molecule has 0 saturated carbocycles. The lowest BCUT2D eigenvalue weighted by Gasteiger charge is -2.41. The van der Waals surface area contributed by atoms with Gasteiger partial charge in [-0.1, -0.05) is 6.92 Å². The van der Waals surface area contributed by atoms with Gasteiger partial charge in [-0.15, -0.1) is 0 Å². The summed E-state index contributed by atoms with van der Waals surface area (Å²) in [6.07, 6.45) is 1.92. The Morgan fingerprint density at radius 3 is 2.65 bits per heavy atom. The van der Waals surface area contributed by atoms with E-state index in [4.69, 9.17) is 0 Å². The van der Waals surface area contributed by atoms with Gasteiger partial charge in [0, 0.05) is 6.42 Å². The van der Waals surface area contributed by atoms with Crippen LogP contribution in [0.2, 0.25) is 0 Å². The third kappa shape index (κ3) is 2.41. The van der Waals surface area contributed by atoms with Crippen LogP contribution >= 0.6 is 0 Å². The predicted octanol–water partition coefficient (Wildman–Crippen LogP) is 0.916. The number of anilines is 1. The van der Waals surface area contributed by atoms with Gasteiger partial charge >= 0.3 is 0 Å². The molecule has 0 unspecified atom stereocenters. The van der Waals surface area contributed by atoms with Crippen LogP contribution in [0.5, 0.6) is 0 Å². The highest BCUT2D eigenvalue weighted by Gasteiger charge is 2.41.